The first-order chi connectivity index (χ1) is 8.40. The van der Waals surface area contributed by atoms with Crippen molar-refractivity contribution in [3.8, 4) is 0 Å². The van der Waals surface area contributed by atoms with Crippen LogP contribution in [0.3, 0.4) is 0 Å². The van der Waals surface area contributed by atoms with Gasteiger partial charge in [-0.05, 0) is 20.4 Å². The summed E-state index contributed by atoms with van der Waals surface area (Å²) in [7, 11) is 1.40. The molecule has 0 aliphatic rings. The van der Waals surface area contributed by atoms with E-state index < -0.39 is 29.7 Å². The minimum atomic E-state index is -1.29. The molecule has 0 saturated heterocycles. The second-order valence-electron chi connectivity index (χ2n) is 2.92. The number of likely N-dealkylation sites (N-methyl/N-ethyl adjacent to an activating group) is 1. The quantitative estimate of drug-likeness (QED) is 0.626. The average Bonchev–Trinajstić information content (AvgIpc) is 2.33. The van der Waals surface area contributed by atoms with Gasteiger partial charge >= 0.3 is 11.9 Å². The Bertz CT molecular complexity index is 239. The van der Waals surface area contributed by atoms with E-state index in [2.05, 4.69) is 5.32 Å². The van der Waals surface area contributed by atoms with E-state index >= 15 is 0 Å². The van der Waals surface area contributed by atoms with Gasteiger partial charge in [0.05, 0.1) is 0 Å². The number of Topliss-reactive ketones (excluding diaryl/α,β-unsaturated/α-hetero) is 1. The summed E-state index contributed by atoms with van der Waals surface area (Å²) >= 11 is 0. The highest BCUT2D eigenvalue weighted by atomic mass is 16.4. The third kappa shape index (κ3) is 9.77. The monoisotopic (exact) mass is 263 g/mol. The Balaban J connectivity index is -0.000000506. The number of hydrogen-bond donors (Lipinski definition) is 3. The topological polar surface area (TPSA) is 104 Å². The number of aliphatic carboxylic acids is 2. The highest BCUT2D eigenvalue weighted by Gasteiger charge is 2.29. The van der Waals surface area contributed by atoms with Crippen LogP contribution in [0.4, 0.5) is 0 Å². The zero-order valence-electron chi connectivity index (χ0n) is 12.0. The molecule has 0 aromatic carbocycles. The molecule has 0 aliphatic carbocycles. The van der Waals surface area contributed by atoms with Crippen molar-refractivity contribution in [2.24, 2.45) is 5.92 Å². The predicted molar refractivity (Wildman–Crippen MR) is 69.6 cm³/mol. The van der Waals surface area contributed by atoms with Crippen LogP contribution in [0.1, 0.15) is 41.0 Å². The molecule has 0 heterocycles. The molecule has 0 radical (unpaired) electrons. The molecule has 0 aliphatic heterocycles. The van der Waals surface area contributed by atoms with Gasteiger partial charge in [0.25, 0.3) is 0 Å². The van der Waals surface area contributed by atoms with Crippen molar-refractivity contribution in [2.75, 3.05) is 7.05 Å². The minimum Gasteiger partial charge on any atom is -0.481 e. The summed E-state index contributed by atoms with van der Waals surface area (Å²) in [5.41, 5.74) is 0. The standard InChI is InChI=1S/C8H13NO5.2C2H6/c1-4(10)5(7(11)12)3-6(9-2)8(13)14;2*1-2/h5-6,9H,3H2,1-2H3,(H,11,12)(H,13,14);2*1-2H3. The van der Waals surface area contributed by atoms with Crippen molar-refractivity contribution in [3.63, 3.8) is 0 Å². The number of hydrogen-bond acceptors (Lipinski definition) is 4. The van der Waals surface area contributed by atoms with Crippen molar-refractivity contribution in [1.29, 1.82) is 0 Å². The largest absolute Gasteiger partial charge is 0.481 e. The molecule has 0 fully saturated rings. The van der Waals surface area contributed by atoms with Crippen LogP contribution in [0.5, 0.6) is 0 Å². The molecule has 0 bridgehead atoms. The molecule has 0 aromatic heterocycles. The maximum atomic E-state index is 10.9. The lowest BCUT2D eigenvalue weighted by Gasteiger charge is -2.14. The van der Waals surface area contributed by atoms with Gasteiger partial charge in [0, 0.05) is 0 Å². The van der Waals surface area contributed by atoms with Gasteiger partial charge in [0.2, 0.25) is 0 Å². The van der Waals surface area contributed by atoms with Gasteiger partial charge in [-0.25, -0.2) is 0 Å². The van der Waals surface area contributed by atoms with E-state index in [9.17, 15) is 14.4 Å². The van der Waals surface area contributed by atoms with E-state index in [1.54, 1.807) is 0 Å². The van der Waals surface area contributed by atoms with E-state index in [4.69, 9.17) is 10.2 Å². The zero-order chi connectivity index (χ0) is 15.3. The van der Waals surface area contributed by atoms with Gasteiger partial charge in [0.1, 0.15) is 17.7 Å². The molecule has 2 atom stereocenters. The maximum absolute atomic E-state index is 10.9. The van der Waals surface area contributed by atoms with Crippen LogP contribution in [0.15, 0.2) is 0 Å². The third-order valence-corrected chi connectivity index (χ3v) is 1.91. The van der Waals surface area contributed by atoms with Gasteiger partial charge in [-0.2, -0.15) is 0 Å². The molecule has 0 aromatic rings. The Morgan fingerprint density at radius 1 is 1.00 bits per heavy atom. The van der Waals surface area contributed by atoms with Gasteiger partial charge < -0.3 is 15.5 Å². The normalized spacial score (nSPS) is 11.9. The highest BCUT2D eigenvalue weighted by molar-refractivity contribution is 5.97. The molecule has 6 nitrogen and oxygen atoms in total. The van der Waals surface area contributed by atoms with Crippen LogP contribution in [0.2, 0.25) is 0 Å². The summed E-state index contributed by atoms with van der Waals surface area (Å²) in [5.74, 6) is -4.26. The zero-order valence-corrected chi connectivity index (χ0v) is 12.0. The van der Waals surface area contributed by atoms with Crippen molar-refractivity contribution < 1.29 is 24.6 Å². The smallest absolute Gasteiger partial charge is 0.320 e. The number of ketones is 1. The number of carbonyl (C=O) groups is 3. The van der Waals surface area contributed by atoms with Crippen LogP contribution in [0, 0.1) is 5.92 Å². The summed E-state index contributed by atoms with van der Waals surface area (Å²) in [6.45, 7) is 9.13. The van der Waals surface area contributed by atoms with Gasteiger partial charge in [-0.15, -0.1) is 0 Å². The molecule has 0 rings (SSSR count). The molecular formula is C12H25NO5. The fourth-order valence-corrected chi connectivity index (χ4v) is 1.02. The van der Waals surface area contributed by atoms with E-state index in [1.165, 1.54) is 7.05 Å². The summed E-state index contributed by atoms with van der Waals surface area (Å²) in [6.07, 6.45) is -0.240. The van der Waals surface area contributed by atoms with Crippen LogP contribution >= 0.6 is 0 Å². The van der Waals surface area contributed by atoms with Crippen LogP contribution in [-0.2, 0) is 14.4 Å². The van der Waals surface area contributed by atoms with E-state index in [0.717, 1.165) is 6.92 Å². The summed E-state index contributed by atoms with van der Waals surface area (Å²) in [6, 6.07) is -1.01. The number of nitrogens with one attached hydrogen (secondary N) is 1. The third-order valence-electron chi connectivity index (χ3n) is 1.91. The van der Waals surface area contributed by atoms with Crippen LogP contribution < -0.4 is 5.32 Å². The van der Waals surface area contributed by atoms with Crippen molar-refractivity contribution in [1.82, 2.24) is 5.32 Å². The SMILES string of the molecule is CC.CC.CNC(CC(C(C)=O)C(=O)O)C(=O)O. The first kappa shape index (κ1) is 21.8. The first-order valence-electron chi connectivity index (χ1n) is 6.03. The van der Waals surface area contributed by atoms with Gasteiger partial charge in [-0.1, -0.05) is 27.7 Å². The molecule has 0 amide bonds. The van der Waals surface area contributed by atoms with E-state index in [1.807, 2.05) is 27.7 Å². The molecule has 2 unspecified atom stereocenters. The van der Waals surface area contributed by atoms with Crippen molar-refractivity contribution in [3.05, 3.63) is 0 Å². The fraction of sp³-hybridized carbons (Fsp3) is 0.750. The van der Waals surface area contributed by atoms with E-state index in [-0.39, 0.29) is 6.42 Å². The van der Waals surface area contributed by atoms with Gasteiger partial charge in [-0.3, -0.25) is 14.4 Å². The Morgan fingerprint density at radius 2 is 1.39 bits per heavy atom. The average molecular weight is 263 g/mol. The number of carbonyl (C=O) groups excluding carboxylic acids is 1. The lowest BCUT2D eigenvalue weighted by Crippen LogP contribution is -2.39. The maximum Gasteiger partial charge on any atom is 0.320 e. The van der Waals surface area contributed by atoms with Gasteiger partial charge in [0.15, 0.2) is 0 Å². The predicted octanol–water partition coefficient (Wildman–Crippen LogP) is 1.39. The highest BCUT2D eigenvalue weighted by Crippen LogP contribution is 2.08. The first-order valence-corrected chi connectivity index (χ1v) is 6.03. The Kier molecular flexibility index (Phi) is 16.5. The molecular weight excluding hydrogens is 238 g/mol. The second-order valence-corrected chi connectivity index (χ2v) is 2.92. The van der Waals surface area contributed by atoms with E-state index in [0.29, 0.717) is 0 Å². The summed E-state index contributed by atoms with van der Waals surface area (Å²) < 4.78 is 0. The lowest BCUT2D eigenvalue weighted by molar-refractivity contribution is -0.147. The molecule has 18 heavy (non-hydrogen) atoms. The number of carboxylic acid groups (broad SMARTS) is 2. The molecule has 0 saturated carbocycles. The fourth-order valence-electron chi connectivity index (χ4n) is 1.02. The lowest BCUT2D eigenvalue weighted by atomic mass is 9.96. The van der Waals surface area contributed by atoms with Crippen LogP contribution in [-0.4, -0.2) is 41.0 Å². The summed E-state index contributed by atoms with van der Waals surface area (Å²) in [5, 5.41) is 19.7. The number of carboxylic acids is 2. The number of rotatable bonds is 6. The molecule has 3 N–H and O–H groups in total. The Hall–Kier alpha value is -1.43. The second kappa shape index (κ2) is 13.6. The minimum absolute atomic E-state index is 0.240. The Morgan fingerprint density at radius 3 is 1.56 bits per heavy atom. The molecule has 108 valence electrons. The van der Waals surface area contributed by atoms with Crippen molar-refractivity contribution >= 4 is 17.7 Å². The van der Waals surface area contributed by atoms with Crippen LogP contribution in [0.25, 0.3) is 0 Å². The Labute approximate surface area is 108 Å². The molecule has 0 spiro atoms. The summed E-state index contributed by atoms with van der Waals surface area (Å²) in [4.78, 5) is 32.0. The van der Waals surface area contributed by atoms with Crippen molar-refractivity contribution in [2.45, 2.75) is 47.1 Å². The molecule has 6 heteroatoms.